The summed E-state index contributed by atoms with van der Waals surface area (Å²) in [5.74, 6) is 2.76. The van der Waals surface area contributed by atoms with E-state index in [9.17, 15) is 5.11 Å². The number of fused-ring (bicyclic) bond motifs is 1. The molecule has 32 heavy (non-hydrogen) atoms. The number of hydrogen-bond acceptors (Lipinski definition) is 6. The zero-order valence-corrected chi connectivity index (χ0v) is 21.3. The van der Waals surface area contributed by atoms with Crippen molar-refractivity contribution >= 4 is 39.3 Å². The standard InChI is InChI=1S/C24H33BrClN5O/c1-31(2)23-19-5-3-4-6-21(19)29-24(30-23)28-18-9-7-15(8-10-18)13-27-14-16-11-17(26)12-20(25)22(16)32/h11-12,15,18,27,32H,3-10,13-14H2,1-2H3,(H,28,29,30)/t15-,18+. The maximum absolute atomic E-state index is 10.2. The van der Waals surface area contributed by atoms with Crippen LogP contribution in [0.2, 0.25) is 5.02 Å². The fraction of sp³-hybridized carbons (Fsp3) is 0.583. The maximum Gasteiger partial charge on any atom is 0.225 e. The molecule has 8 heteroatoms. The largest absolute Gasteiger partial charge is 0.506 e. The highest BCUT2D eigenvalue weighted by atomic mass is 79.9. The number of phenols is 1. The number of anilines is 2. The average molecular weight is 523 g/mol. The Labute approximate surface area is 204 Å². The molecule has 3 N–H and O–H groups in total. The first-order chi connectivity index (χ1) is 15.4. The lowest BCUT2D eigenvalue weighted by molar-refractivity contribution is 0.323. The molecule has 1 fully saturated rings. The zero-order chi connectivity index (χ0) is 22.7. The van der Waals surface area contributed by atoms with Gasteiger partial charge in [-0.05, 0) is 91.9 Å². The lowest BCUT2D eigenvalue weighted by atomic mass is 9.86. The molecule has 1 aromatic carbocycles. The summed E-state index contributed by atoms with van der Waals surface area (Å²) < 4.78 is 0.634. The van der Waals surface area contributed by atoms with Crippen LogP contribution in [0.1, 0.15) is 55.3 Å². The molecule has 2 aliphatic rings. The predicted molar refractivity (Wildman–Crippen MR) is 135 cm³/mol. The number of phenolic OH excluding ortho intramolecular Hbond substituents is 1. The van der Waals surface area contributed by atoms with E-state index < -0.39 is 0 Å². The molecule has 0 atom stereocenters. The van der Waals surface area contributed by atoms with Crippen LogP contribution >= 0.6 is 27.5 Å². The van der Waals surface area contributed by atoms with Crippen molar-refractivity contribution in [3.63, 3.8) is 0 Å². The van der Waals surface area contributed by atoms with Crippen molar-refractivity contribution in [3.8, 4) is 5.75 Å². The van der Waals surface area contributed by atoms with E-state index >= 15 is 0 Å². The molecule has 1 heterocycles. The van der Waals surface area contributed by atoms with Gasteiger partial charge in [0.15, 0.2) is 0 Å². The molecule has 1 aromatic heterocycles. The van der Waals surface area contributed by atoms with Crippen molar-refractivity contribution in [2.75, 3.05) is 30.9 Å². The van der Waals surface area contributed by atoms with Gasteiger partial charge in [0.1, 0.15) is 11.6 Å². The van der Waals surface area contributed by atoms with Gasteiger partial charge in [-0.3, -0.25) is 0 Å². The van der Waals surface area contributed by atoms with E-state index in [2.05, 4.69) is 45.6 Å². The normalized spacial score (nSPS) is 20.6. The molecule has 1 saturated carbocycles. The molecule has 4 rings (SSSR count). The van der Waals surface area contributed by atoms with Gasteiger partial charge in [0, 0.05) is 42.8 Å². The fourth-order valence-corrected chi connectivity index (χ4v) is 5.74. The van der Waals surface area contributed by atoms with E-state index in [1.807, 2.05) is 6.07 Å². The summed E-state index contributed by atoms with van der Waals surface area (Å²) in [6.45, 7) is 1.55. The van der Waals surface area contributed by atoms with Crippen molar-refractivity contribution in [2.24, 2.45) is 5.92 Å². The van der Waals surface area contributed by atoms with E-state index in [4.69, 9.17) is 21.6 Å². The molecular weight excluding hydrogens is 490 g/mol. The second kappa shape index (κ2) is 10.6. The highest BCUT2D eigenvalue weighted by molar-refractivity contribution is 9.10. The third kappa shape index (κ3) is 5.67. The number of nitrogens with zero attached hydrogens (tertiary/aromatic N) is 3. The smallest absolute Gasteiger partial charge is 0.225 e. The summed E-state index contributed by atoms with van der Waals surface area (Å²) in [7, 11) is 4.14. The van der Waals surface area contributed by atoms with Crippen molar-refractivity contribution < 1.29 is 5.11 Å². The van der Waals surface area contributed by atoms with Gasteiger partial charge in [-0.15, -0.1) is 0 Å². The molecule has 174 valence electrons. The number of aromatic nitrogens is 2. The Morgan fingerprint density at radius 2 is 1.88 bits per heavy atom. The van der Waals surface area contributed by atoms with Gasteiger partial charge < -0.3 is 20.6 Å². The number of aryl methyl sites for hydroxylation is 1. The van der Waals surface area contributed by atoms with Crippen LogP contribution in [0.25, 0.3) is 0 Å². The van der Waals surface area contributed by atoms with E-state index in [0.717, 1.165) is 49.6 Å². The Bertz CT molecular complexity index is 946. The fourth-order valence-electron chi connectivity index (χ4n) is 4.87. The third-order valence-corrected chi connectivity index (χ3v) is 7.44. The van der Waals surface area contributed by atoms with Crippen molar-refractivity contribution in [2.45, 2.75) is 64.0 Å². The molecule has 0 spiro atoms. The average Bonchev–Trinajstić information content (AvgIpc) is 2.77. The molecule has 6 nitrogen and oxygen atoms in total. The van der Waals surface area contributed by atoms with Crippen LogP contribution in [-0.4, -0.2) is 41.8 Å². The number of hydrogen-bond donors (Lipinski definition) is 3. The lowest BCUT2D eigenvalue weighted by Crippen LogP contribution is -2.32. The first kappa shape index (κ1) is 23.6. The first-order valence-electron chi connectivity index (χ1n) is 11.6. The van der Waals surface area contributed by atoms with E-state index in [0.29, 0.717) is 28.0 Å². The van der Waals surface area contributed by atoms with Crippen LogP contribution in [0.4, 0.5) is 11.8 Å². The van der Waals surface area contributed by atoms with E-state index in [1.165, 1.54) is 36.9 Å². The van der Waals surface area contributed by atoms with Crippen LogP contribution in [0.5, 0.6) is 5.75 Å². The van der Waals surface area contributed by atoms with E-state index in [1.54, 1.807) is 6.07 Å². The van der Waals surface area contributed by atoms with Gasteiger partial charge in [0.2, 0.25) is 5.95 Å². The Morgan fingerprint density at radius 3 is 2.62 bits per heavy atom. The van der Waals surface area contributed by atoms with Crippen LogP contribution in [0, 0.1) is 5.92 Å². The van der Waals surface area contributed by atoms with Gasteiger partial charge in [-0.2, -0.15) is 4.98 Å². The number of halogens is 2. The summed E-state index contributed by atoms with van der Waals surface area (Å²) in [4.78, 5) is 11.9. The second-order valence-corrected chi connectivity index (χ2v) is 10.6. The Morgan fingerprint density at radius 1 is 1.12 bits per heavy atom. The summed E-state index contributed by atoms with van der Waals surface area (Å²) >= 11 is 9.46. The molecule has 2 aliphatic carbocycles. The summed E-state index contributed by atoms with van der Waals surface area (Å²) in [6.07, 6.45) is 9.18. The molecule has 0 amide bonds. The number of rotatable bonds is 7. The van der Waals surface area contributed by atoms with Crippen LogP contribution in [0.15, 0.2) is 16.6 Å². The van der Waals surface area contributed by atoms with Gasteiger partial charge in [-0.25, -0.2) is 4.98 Å². The summed E-state index contributed by atoms with van der Waals surface area (Å²) in [6, 6.07) is 3.95. The van der Waals surface area contributed by atoms with Gasteiger partial charge in [0.05, 0.1) is 10.2 Å². The van der Waals surface area contributed by atoms with Crippen LogP contribution in [0.3, 0.4) is 0 Å². The predicted octanol–water partition coefficient (Wildman–Crippen LogP) is 5.30. The van der Waals surface area contributed by atoms with Gasteiger partial charge >= 0.3 is 0 Å². The Balaban J connectivity index is 1.28. The highest BCUT2D eigenvalue weighted by Crippen LogP contribution is 2.32. The monoisotopic (exact) mass is 521 g/mol. The topological polar surface area (TPSA) is 73.3 Å². The molecule has 0 unspecified atom stereocenters. The molecular formula is C24H33BrClN5O. The lowest BCUT2D eigenvalue weighted by Gasteiger charge is -2.30. The molecule has 0 radical (unpaired) electrons. The minimum atomic E-state index is 0.261. The second-order valence-electron chi connectivity index (χ2n) is 9.29. The Hall–Kier alpha value is -1.57. The number of aromatic hydroxyl groups is 1. The first-order valence-corrected chi connectivity index (χ1v) is 12.8. The minimum absolute atomic E-state index is 0.261. The summed E-state index contributed by atoms with van der Waals surface area (Å²) in [5, 5.41) is 17.9. The van der Waals surface area contributed by atoms with Crippen molar-refractivity contribution in [1.29, 1.82) is 0 Å². The molecule has 2 aromatic rings. The third-order valence-electron chi connectivity index (χ3n) is 6.62. The Kier molecular flexibility index (Phi) is 7.79. The van der Waals surface area contributed by atoms with Crippen LogP contribution in [-0.2, 0) is 19.4 Å². The maximum atomic E-state index is 10.2. The number of benzene rings is 1. The highest BCUT2D eigenvalue weighted by Gasteiger charge is 2.24. The minimum Gasteiger partial charge on any atom is -0.506 e. The van der Waals surface area contributed by atoms with Gasteiger partial charge in [0.25, 0.3) is 0 Å². The zero-order valence-electron chi connectivity index (χ0n) is 18.9. The van der Waals surface area contributed by atoms with Crippen molar-refractivity contribution in [3.05, 3.63) is 38.4 Å². The quantitative estimate of drug-likeness (QED) is 0.458. The van der Waals surface area contributed by atoms with Crippen LogP contribution < -0.4 is 15.5 Å². The van der Waals surface area contributed by atoms with E-state index in [-0.39, 0.29) is 5.75 Å². The number of nitrogens with one attached hydrogen (secondary N) is 2. The molecule has 0 bridgehead atoms. The molecule has 0 saturated heterocycles. The van der Waals surface area contributed by atoms with Gasteiger partial charge in [-0.1, -0.05) is 11.6 Å². The molecule has 0 aliphatic heterocycles. The summed E-state index contributed by atoms with van der Waals surface area (Å²) in [5.41, 5.74) is 3.38. The van der Waals surface area contributed by atoms with Crippen molar-refractivity contribution in [1.82, 2.24) is 15.3 Å². The SMILES string of the molecule is CN(C)c1nc(N[C@H]2CC[C@@H](CNCc3cc(Cl)cc(Br)c3O)CC2)nc2c1CCCC2.